The number of hydrogen-bond acceptors (Lipinski definition) is 3. The Bertz CT molecular complexity index is 422. The van der Waals surface area contributed by atoms with Crippen LogP contribution >= 0.6 is 15.9 Å². The summed E-state index contributed by atoms with van der Waals surface area (Å²) in [5.74, 6) is 0.391. The van der Waals surface area contributed by atoms with Gasteiger partial charge in [0.2, 0.25) is 5.91 Å². The van der Waals surface area contributed by atoms with Crippen molar-refractivity contribution in [1.82, 2.24) is 4.98 Å². The minimum absolute atomic E-state index is 0.127. The molecule has 0 aromatic carbocycles. The maximum atomic E-state index is 11.8. The number of amides is 1. The molecule has 1 amide bonds. The second-order valence-corrected chi connectivity index (χ2v) is 4.82. The highest BCUT2D eigenvalue weighted by atomic mass is 79.9. The highest BCUT2D eigenvalue weighted by Gasteiger charge is 2.30. The Hall–Kier alpha value is -0.940. The fraction of sp³-hybridized carbons (Fsp3) is 0.455. The highest BCUT2D eigenvalue weighted by Crippen LogP contribution is 2.30. The van der Waals surface area contributed by atoms with Crippen LogP contribution in [-0.2, 0) is 4.79 Å². The first-order valence-corrected chi connectivity index (χ1v) is 6.04. The summed E-state index contributed by atoms with van der Waals surface area (Å²) in [5.41, 5.74) is 7.36. The highest BCUT2D eigenvalue weighted by molar-refractivity contribution is 9.10. The van der Waals surface area contributed by atoms with Gasteiger partial charge in [0.05, 0.1) is 5.69 Å². The zero-order valence-corrected chi connectivity index (χ0v) is 10.7. The molecule has 0 spiro atoms. The molecule has 86 valence electrons. The first-order chi connectivity index (χ1) is 7.61. The Morgan fingerprint density at radius 2 is 2.38 bits per heavy atom. The first kappa shape index (κ1) is 11.5. The van der Waals surface area contributed by atoms with Gasteiger partial charge in [0.15, 0.2) is 0 Å². The zero-order chi connectivity index (χ0) is 11.7. The second-order valence-electron chi connectivity index (χ2n) is 4.07. The number of anilines is 1. The largest absolute Gasteiger partial charge is 0.330 e. The molecule has 4 nitrogen and oxygen atoms in total. The van der Waals surface area contributed by atoms with Crippen molar-refractivity contribution in [3.63, 3.8) is 0 Å². The third-order valence-electron chi connectivity index (χ3n) is 2.80. The number of hydrogen-bond donors (Lipinski definition) is 1. The molecule has 1 fully saturated rings. The molecule has 1 aromatic heterocycles. The Balaban J connectivity index is 2.28. The van der Waals surface area contributed by atoms with Gasteiger partial charge in [-0.15, -0.1) is 0 Å². The molecule has 5 heteroatoms. The fourth-order valence-corrected chi connectivity index (χ4v) is 2.52. The maximum absolute atomic E-state index is 11.8. The van der Waals surface area contributed by atoms with Crippen LogP contribution in [0.4, 0.5) is 5.69 Å². The fourth-order valence-electron chi connectivity index (χ4n) is 1.89. The molecule has 2 N–H and O–H groups in total. The van der Waals surface area contributed by atoms with Crippen LogP contribution in [0.1, 0.15) is 12.1 Å². The van der Waals surface area contributed by atoms with Crippen molar-refractivity contribution in [3.8, 4) is 0 Å². The Morgan fingerprint density at radius 3 is 2.94 bits per heavy atom. The van der Waals surface area contributed by atoms with Crippen LogP contribution < -0.4 is 10.6 Å². The van der Waals surface area contributed by atoms with Crippen LogP contribution in [0.2, 0.25) is 0 Å². The average Bonchev–Trinajstić information content (AvgIpc) is 2.60. The van der Waals surface area contributed by atoms with E-state index in [0.29, 0.717) is 19.5 Å². The van der Waals surface area contributed by atoms with E-state index in [4.69, 9.17) is 5.73 Å². The summed E-state index contributed by atoms with van der Waals surface area (Å²) in [7, 11) is 0. The summed E-state index contributed by atoms with van der Waals surface area (Å²) in [6.07, 6.45) is 0.539. The van der Waals surface area contributed by atoms with E-state index in [-0.39, 0.29) is 11.8 Å². The maximum Gasteiger partial charge on any atom is 0.227 e. The van der Waals surface area contributed by atoms with Crippen LogP contribution in [0.5, 0.6) is 0 Å². The van der Waals surface area contributed by atoms with Gasteiger partial charge < -0.3 is 10.6 Å². The van der Waals surface area contributed by atoms with E-state index in [0.717, 1.165) is 16.0 Å². The molecule has 0 bridgehead atoms. The third kappa shape index (κ3) is 2.10. The van der Waals surface area contributed by atoms with Crippen molar-refractivity contribution in [2.24, 2.45) is 11.7 Å². The van der Waals surface area contributed by atoms with Crippen molar-refractivity contribution in [1.29, 1.82) is 0 Å². The molecule has 2 heterocycles. The Morgan fingerprint density at radius 1 is 1.62 bits per heavy atom. The van der Waals surface area contributed by atoms with Crippen molar-refractivity contribution in [2.75, 3.05) is 18.0 Å². The van der Waals surface area contributed by atoms with E-state index in [1.807, 2.05) is 19.1 Å². The molecule has 1 aromatic rings. The summed E-state index contributed by atoms with van der Waals surface area (Å²) in [6, 6.07) is 3.83. The first-order valence-electron chi connectivity index (χ1n) is 5.25. The lowest BCUT2D eigenvalue weighted by Gasteiger charge is -2.17. The lowest BCUT2D eigenvalue weighted by molar-refractivity contribution is -0.117. The van der Waals surface area contributed by atoms with E-state index >= 15 is 0 Å². The van der Waals surface area contributed by atoms with Gasteiger partial charge in [-0.3, -0.25) is 4.79 Å². The van der Waals surface area contributed by atoms with E-state index in [9.17, 15) is 4.79 Å². The molecule has 1 atom stereocenters. The van der Waals surface area contributed by atoms with Gasteiger partial charge in [-0.2, -0.15) is 0 Å². The number of carbonyl (C=O) groups excluding carboxylic acids is 1. The molecular formula is C11H14BrN3O. The summed E-state index contributed by atoms with van der Waals surface area (Å²) >= 11 is 3.39. The van der Waals surface area contributed by atoms with Gasteiger partial charge >= 0.3 is 0 Å². The monoisotopic (exact) mass is 283 g/mol. The minimum atomic E-state index is 0.127. The standard InChI is InChI=1S/C11H14BrN3O/c1-7-2-3-9(11(12)14-7)15-6-8(5-13)4-10(15)16/h2-3,8H,4-6,13H2,1H3. The Labute approximate surface area is 103 Å². The van der Waals surface area contributed by atoms with E-state index in [1.165, 1.54) is 0 Å². The number of halogens is 1. The second kappa shape index (κ2) is 4.51. The molecule has 2 rings (SSSR count). The number of pyridine rings is 1. The molecule has 1 unspecified atom stereocenters. The number of nitrogens with two attached hydrogens (primary N) is 1. The van der Waals surface area contributed by atoms with Crippen LogP contribution in [0.25, 0.3) is 0 Å². The number of carbonyl (C=O) groups is 1. The van der Waals surface area contributed by atoms with Crippen molar-refractivity contribution in [3.05, 3.63) is 22.4 Å². The average molecular weight is 284 g/mol. The lowest BCUT2D eigenvalue weighted by Crippen LogP contribution is -2.26. The smallest absolute Gasteiger partial charge is 0.227 e. The van der Waals surface area contributed by atoms with Crippen LogP contribution in [0, 0.1) is 12.8 Å². The third-order valence-corrected chi connectivity index (χ3v) is 3.38. The lowest BCUT2D eigenvalue weighted by atomic mass is 10.1. The van der Waals surface area contributed by atoms with Crippen LogP contribution in [0.3, 0.4) is 0 Å². The van der Waals surface area contributed by atoms with Crippen molar-refractivity contribution >= 4 is 27.5 Å². The molecule has 0 aliphatic carbocycles. The summed E-state index contributed by atoms with van der Waals surface area (Å²) < 4.78 is 0.721. The van der Waals surface area contributed by atoms with Crippen molar-refractivity contribution in [2.45, 2.75) is 13.3 Å². The molecule has 0 radical (unpaired) electrons. The Kier molecular flexibility index (Phi) is 3.25. The molecular weight excluding hydrogens is 270 g/mol. The summed E-state index contributed by atoms with van der Waals surface area (Å²) in [5, 5.41) is 0. The predicted octanol–water partition coefficient (Wildman–Crippen LogP) is 1.46. The summed E-state index contributed by atoms with van der Waals surface area (Å²) in [4.78, 5) is 17.9. The zero-order valence-electron chi connectivity index (χ0n) is 9.11. The quantitative estimate of drug-likeness (QED) is 0.836. The van der Waals surface area contributed by atoms with Crippen LogP contribution in [-0.4, -0.2) is 24.0 Å². The van der Waals surface area contributed by atoms with E-state index in [2.05, 4.69) is 20.9 Å². The topological polar surface area (TPSA) is 59.2 Å². The number of rotatable bonds is 2. The van der Waals surface area contributed by atoms with Gasteiger partial charge in [0.1, 0.15) is 4.60 Å². The molecule has 16 heavy (non-hydrogen) atoms. The van der Waals surface area contributed by atoms with Gasteiger partial charge in [0, 0.05) is 18.7 Å². The minimum Gasteiger partial charge on any atom is -0.330 e. The van der Waals surface area contributed by atoms with E-state index in [1.54, 1.807) is 4.90 Å². The normalized spacial score (nSPS) is 20.6. The van der Waals surface area contributed by atoms with E-state index < -0.39 is 0 Å². The molecule has 0 saturated carbocycles. The van der Waals surface area contributed by atoms with Gasteiger partial charge in [-0.05, 0) is 47.4 Å². The number of nitrogens with zero attached hydrogens (tertiary/aromatic N) is 2. The van der Waals surface area contributed by atoms with Gasteiger partial charge in [0.25, 0.3) is 0 Å². The van der Waals surface area contributed by atoms with Gasteiger partial charge in [-0.1, -0.05) is 0 Å². The SMILES string of the molecule is Cc1ccc(N2CC(CN)CC2=O)c(Br)n1. The van der Waals surface area contributed by atoms with Crippen molar-refractivity contribution < 1.29 is 4.79 Å². The predicted molar refractivity (Wildman–Crippen MR) is 66.2 cm³/mol. The molecule has 1 aliphatic rings. The van der Waals surface area contributed by atoms with Crippen LogP contribution in [0.15, 0.2) is 16.7 Å². The summed E-state index contributed by atoms with van der Waals surface area (Å²) in [6.45, 7) is 3.17. The number of aromatic nitrogens is 1. The van der Waals surface area contributed by atoms with Gasteiger partial charge in [-0.25, -0.2) is 4.98 Å². The molecule has 1 saturated heterocycles. The molecule has 1 aliphatic heterocycles. The number of aryl methyl sites for hydroxylation is 1.